The van der Waals surface area contributed by atoms with Crippen molar-refractivity contribution >= 4 is 16.3 Å². The predicted octanol–water partition coefficient (Wildman–Crippen LogP) is 2.84. The molecule has 0 spiro atoms. The lowest BCUT2D eigenvalue weighted by atomic mass is 9.95. The summed E-state index contributed by atoms with van der Waals surface area (Å²) in [4.78, 5) is 7.60. The summed E-state index contributed by atoms with van der Waals surface area (Å²) in [5, 5.41) is 15.4. The number of aromatic hydroxyl groups is 1. The predicted molar refractivity (Wildman–Crippen MR) is 110 cm³/mol. The summed E-state index contributed by atoms with van der Waals surface area (Å²) in [7, 11) is 0. The number of hydrogen-bond donors (Lipinski definition) is 2. The number of fused-ring (bicyclic) bond motifs is 2. The van der Waals surface area contributed by atoms with Crippen molar-refractivity contribution in [1.29, 1.82) is 0 Å². The van der Waals surface area contributed by atoms with Crippen LogP contribution >= 0.6 is 11.3 Å². The number of thiazole rings is 1. The average Bonchev–Trinajstić information content (AvgIpc) is 3.20. The van der Waals surface area contributed by atoms with Crippen LogP contribution in [0.4, 0.5) is 0 Å². The molecule has 1 unspecified atom stereocenters. The molecule has 1 aliphatic rings. The third kappa shape index (κ3) is 2.89. The monoisotopic (exact) mass is 391 g/mol. The Balaban J connectivity index is 1.63. The van der Waals surface area contributed by atoms with Gasteiger partial charge >= 0.3 is 0 Å². The van der Waals surface area contributed by atoms with Crippen molar-refractivity contribution in [3.63, 3.8) is 0 Å². The largest absolute Gasteiger partial charge is 0.492 e. The molecule has 2 atom stereocenters. The molecular formula is C22H23N4OS+. The Morgan fingerprint density at radius 1 is 1.11 bits per heavy atom. The van der Waals surface area contributed by atoms with Gasteiger partial charge in [0.2, 0.25) is 10.8 Å². The SMILES string of the molecule is Cc1cccc([C@H](c2sc3nc(C)nn3c2O)[NH+]2CCc3ccccc3C2)c1. The fraction of sp³-hybridized carbons (Fsp3) is 0.273. The highest BCUT2D eigenvalue weighted by molar-refractivity contribution is 7.17. The Kier molecular flexibility index (Phi) is 4.18. The third-order valence-electron chi connectivity index (χ3n) is 5.60. The van der Waals surface area contributed by atoms with E-state index in [4.69, 9.17) is 0 Å². The van der Waals surface area contributed by atoms with Crippen molar-refractivity contribution in [2.24, 2.45) is 0 Å². The van der Waals surface area contributed by atoms with Crippen LogP contribution in [0.3, 0.4) is 0 Å². The van der Waals surface area contributed by atoms with Gasteiger partial charge in [-0.15, -0.1) is 5.10 Å². The van der Waals surface area contributed by atoms with Crippen LogP contribution in [0.25, 0.3) is 4.96 Å². The summed E-state index contributed by atoms with van der Waals surface area (Å²) in [6, 6.07) is 17.4. The van der Waals surface area contributed by atoms with E-state index in [0.29, 0.717) is 5.82 Å². The van der Waals surface area contributed by atoms with Crippen LogP contribution in [-0.4, -0.2) is 26.2 Å². The van der Waals surface area contributed by atoms with Crippen LogP contribution in [0, 0.1) is 13.8 Å². The van der Waals surface area contributed by atoms with Crippen molar-refractivity contribution in [2.75, 3.05) is 6.54 Å². The molecule has 28 heavy (non-hydrogen) atoms. The molecule has 0 radical (unpaired) electrons. The Bertz CT molecular complexity index is 1160. The minimum atomic E-state index is 0.0575. The van der Waals surface area contributed by atoms with Crippen molar-refractivity contribution in [2.45, 2.75) is 32.9 Å². The van der Waals surface area contributed by atoms with E-state index in [0.717, 1.165) is 29.3 Å². The highest BCUT2D eigenvalue weighted by Crippen LogP contribution is 2.35. The van der Waals surface area contributed by atoms with Crippen LogP contribution in [-0.2, 0) is 13.0 Å². The molecule has 5 rings (SSSR count). The zero-order valence-electron chi connectivity index (χ0n) is 16.0. The number of nitrogens with zero attached hydrogens (tertiary/aromatic N) is 3. The summed E-state index contributed by atoms with van der Waals surface area (Å²) in [6.07, 6.45) is 1.05. The molecule has 5 nitrogen and oxygen atoms in total. The van der Waals surface area contributed by atoms with Crippen LogP contribution in [0.1, 0.15) is 39.0 Å². The summed E-state index contributed by atoms with van der Waals surface area (Å²) in [6.45, 7) is 5.94. The normalized spacial score (nSPS) is 17.6. The van der Waals surface area contributed by atoms with Gasteiger partial charge in [-0.25, -0.2) is 4.98 Å². The van der Waals surface area contributed by atoms with Gasteiger partial charge in [0, 0.05) is 17.5 Å². The highest BCUT2D eigenvalue weighted by Gasteiger charge is 2.34. The topological polar surface area (TPSA) is 54.9 Å². The van der Waals surface area contributed by atoms with Crippen LogP contribution in [0.5, 0.6) is 5.88 Å². The molecule has 142 valence electrons. The molecule has 0 fully saturated rings. The van der Waals surface area contributed by atoms with Gasteiger partial charge < -0.3 is 10.0 Å². The smallest absolute Gasteiger partial charge is 0.235 e. The number of quaternary nitrogens is 1. The van der Waals surface area contributed by atoms with Gasteiger partial charge in [0.15, 0.2) is 6.04 Å². The molecule has 1 aliphatic heterocycles. The van der Waals surface area contributed by atoms with Crippen molar-refractivity contribution in [3.05, 3.63) is 81.5 Å². The maximum Gasteiger partial charge on any atom is 0.235 e. The zero-order valence-corrected chi connectivity index (χ0v) is 16.8. The molecule has 6 heteroatoms. The molecular weight excluding hydrogens is 368 g/mol. The molecule has 4 aromatic rings. The minimum absolute atomic E-state index is 0.0575. The van der Waals surface area contributed by atoms with E-state index in [1.165, 1.54) is 27.2 Å². The van der Waals surface area contributed by atoms with Crippen LogP contribution in [0.15, 0.2) is 48.5 Å². The van der Waals surface area contributed by atoms with Gasteiger partial charge in [0.1, 0.15) is 17.2 Å². The lowest BCUT2D eigenvalue weighted by Crippen LogP contribution is -3.12. The van der Waals surface area contributed by atoms with E-state index in [1.807, 2.05) is 6.92 Å². The van der Waals surface area contributed by atoms with Gasteiger partial charge in [0.05, 0.1) is 6.54 Å². The first-order valence-corrected chi connectivity index (χ1v) is 10.4. The fourth-order valence-corrected chi connectivity index (χ4v) is 5.49. The third-order valence-corrected chi connectivity index (χ3v) is 6.69. The second kappa shape index (κ2) is 6.72. The first-order chi connectivity index (χ1) is 13.6. The maximum atomic E-state index is 11.0. The van der Waals surface area contributed by atoms with Crippen molar-refractivity contribution < 1.29 is 10.0 Å². The average molecular weight is 392 g/mol. The quantitative estimate of drug-likeness (QED) is 0.565. The molecule has 2 aromatic heterocycles. The summed E-state index contributed by atoms with van der Waals surface area (Å²) in [5.41, 5.74) is 5.30. The van der Waals surface area contributed by atoms with Crippen molar-refractivity contribution in [3.8, 4) is 5.88 Å². The number of aromatic nitrogens is 3. The Labute approximate surface area is 167 Å². The van der Waals surface area contributed by atoms with Gasteiger partial charge in [-0.2, -0.15) is 4.52 Å². The summed E-state index contributed by atoms with van der Waals surface area (Å²) < 4.78 is 1.58. The van der Waals surface area contributed by atoms with E-state index >= 15 is 0 Å². The van der Waals surface area contributed by atoms with Gasteiger partial charge in [0.25, 0.3) is 0 Å². The number of aryl methyl sites for hydroxylation is 2. The summed E-state index contributed by atoms with van der Waals surface area (Å²) in [5.74, 6) is 0.901. The maximum absolute atomic E-state index is 11.0. The van der Waals surface area contributed by atoms with Gasteiger partial charge in [-0.1, -0.05) is 59.4 Å². The van der Waals surface area contributed by atoms with Gasteiger partial charge in [-0.3, -0.25) is 0 Å². The lowest BCUT2D eigenvalue weighted by Gasteiger charge is -2.32. The number of nitrogens with one attached hydrogen (secondary N) is 1. The zero-order chi connectivity index (χ0) is 19.3. The standard InChI is InChI=1S/C22H22N4OS/c1-14-6-5-9-17(12-14)19(20-21(27)26-22(28-20)23-15(2)24-26)25-11-10-16-7-3-4-8-18(16)13-25/h3-9,12,19,27H,10-11,13H2,1-2H3/p+1/t19-/m1/s1. The Hall–Kier alpha value is -2.70. The lowest BCUT2D eigenvalue weighted by molar-refractivity contribution is -0.940. The second-order valence-electron chi connectivity index (χ2n) is 7.59. The molecule has 0 bridgehead atoms. The number of hydrogen-bond acceptors (Lipinski definition) is 4. The first kappa shape index (κ1) is 17.4. The van der Waals surface area contributed by atoms with E-state index in [2.05, 4.69) is 65.5 Å². The highest BCUT2D eigenvalue weighted by atomic mass is 32.1. The number of rotatable bonds is 3. The molecule has 2 N–H and O–H groups in total. The molecule has 0 aliphatic carbocycles. The Morgan fingerprint density at radius 2 is 1.93 bits per heavy atom. The molecule has 0 saturated heterocycles. The molecule has 0 amide bonds. The van der Waals surface area contributed by atoms with Gasteiger partial charge in [-0.05, 0) is 25.5 Å². The minimum Gasteiger partial charge on any atom is -0.492 e. The van der Waals surface area contributed by atoms with E-state index < -0.39 is 0 Å². The molecule has 0 saturated carbocycles. The van der Waals surface area contributed by atoms with Crippen LogP contribution < -0.4 is 4.90 Å². The van der Waals surface area contributed by atoms with Crippen molar-refractivity contribution in [1.82, 2.24) is 14.6 Å². The van der Waals surface area contributed by atoms with E-state index in [1.54, 1.807) is 15.9 Å². The van der Waals surface area contributed by atoms with Crippen LogP contribution in [0.2, 0.25) is 0 Å². The van der Waals surface area contributed by atoms with E-state index in [-0.39, 0.29) is 11.9 Å². The fourth-order valence-electron chi connectivity index (χ4n) is 4.31. The molecule has 2 aromatic carbocycles. The second-order valence-corrected chi connectivity index (χ2v) is 8.60. The molecule has 3 heterocycles. The number of benzene rings is 2. The van der Waals surface area contributed by atoms with E-state index in [9.17, 15) is 5.11 Å². The first-order valence-electron chi connectivity index (χ1n) is 9.63. The Morgan fingerprint density at radius 3 is 2.71 bits per heavy atom. The summed E-state index contributed by atoms with van der Waals surface area (Å²) >= 11 is 1.55.